The second-order valence-electron chi connectivity index (χ2n) is 9.31. The molecule has 32 heavy (non-hydrogen) atoms. The van der Waals surface area contributed by atoms with Gasteiger partial charge in [0.25, 0.3) is 5.91 Å². The second kappa shape index (κ2) is 8.31. The van der Waals surface area contributed by atoms with Crippen molar-refractivity contribution in [1.82, 2.24) is 14.7 Å². The molecule has 0 bridgehead atoms. The Morgan fingerprint density at radius 3 is 2.53 bits per heavy atom. The van der Waals surface area contributed by atoms with E-state index >= 15 is 0 Å². The molecule has 5 rings (SSSR count). The van der Waals surface area contributed by atoms with Crippen molar-refractivity contribution >= 4 is 11.9 Å². The maximum atomic E-state index is 12.9. The molecule has 7 heteroatoms. The molecule has 168 valence electrons. The number of likely N-dealkylation sites (tertiary alicyclic amines) is 1. The number of ether oxygens (including phenoxy) is 1. The van der Waals surface area contributed by atoms with E-state index in [1.54, 1.807) is 6.07 Å². The highest BCUT2D eigenvalue weighted by Crippen LogP contribution is 2.39. The predicted molar refractivity (Wildman–Crippen MR) is 119 cm³/mol. The van der Waals surface area contributed by atoms with Crippen LogP contribution in [0.1, 0.15) is 32.7 Å². The van der Waals surface area contributed by atoms with Crippen molar-refractivity contribution in [3.63, 3.8) is 0 Å². The van der Waals surface area contributed by atoms with Gasteiger partial charge in [0, 0.05) is 50.9 Å². The molecular weight excluding hydrogens is 406 g/mol. The van der Waals surface area contributed by atoms with Crippen LogP contribution in [0.25, 0.3) is 0 Å². The Balaban J connectivity index is 1.32. The van der Waals surface area contributed by atoms with Gasteiger partial charge in [-0.1, -0.05) is 30.3 Å². The fourth-order valence-corrected chi connectivity index (χ4v) is 5.66. The summed E-state index contributed by atoms with van der Waals surface area (Å²) in [6.07, 6.45) is 0.436. The zero-order chi connectivity index (χ0) is 22.3. The molecule has 0 aromatic heterocycles. The maximum absolute atomic E-state index is 12.9. The monoisotopic (exact) mass is 435 g/mol. The van der Waals surface area contributed by atoms with E-state index in [9.17, 15) is 14.7 Å². The summed E-state index contributed by atoms with van der Waals surface area (Å²) in [5.74, 6) is -0.267. The zero-order valence-corrected chi connectivity index (χ0v) is 18.3. The predicted octanol–water partition coefficient (Wildman–Crippen LogP) is 1.62. The minimum absolute atomic E-state index is 0.0652. The van der Waals surface area contributed by atoms with Gasteiger partial charge in [-0.3, -0.25) is 14.6 Å². The van der Waals surface area contributed by atoms with E-state index in [0.29, 0.717) is 30.8 Å². The molecule has 1 N–H and O–H groups in total. The Bertz CT molecular complexity index is 1010. The van der Waals surface area contributed by atoms with Crippen molar-refractivity contribution < 1.29 is 19.4 Å². The van der Waals surface area contributed by atoms with Gasteiger partial charge in [0.1, 0.15) is 0 Å². The van der Waals surface area contributed by atoms with Crippen LogP contribution in [0.15, 0.2) is 54.6 Å². The third-order valence-corrected chi connectivity index (χ3v) is 7.02. The minimum atomic E-state index is -0.332. The molecular formula is C25H29N3O4. The number of carbonyl (C=O) groups excluding carboxylic acids is 2. The van der Waals surface area contributed by atoms with Crippen LogP contribution >= 0.6 is 0 Å². The first-order valence-corrected chi connectivity index (χ1v) is 11.2. The minimum Gasteiger partial charge on any atom is -0.465 e. The lowest BCUT2D eigenvalue weighted by atomic mass is 9.83. The molecule has 7 nitrogen and oxygen atoms in total. The van der Waals surface area contributed by atoms with Gasteiger partial charge in [0.15, 0.2) is 0 Å². The number of esters is 1. The number of amides is 1. The summed E-state index contributed by atoms with van der Waals surface area (Å²) in [7, 11) is 1.39. The first kappa shape index (κ1) is 21.1. The lowest BCUT2D eigenvalue weighted by Gasteiger charge is -2.61. The van der Waals surface area contributed by atoms with Gasteiger partial charge in [-0.05, 0) is 36.2 Å². The average Bonchev–Trinajstić information content (AvgIpc) is 3.17. The number of aliphatic hydroxyl groups is 1. The summed E-state index contributed by atoms with van der Waals surface area (Å²) in [5, 5.41) is 10.4. The molecule has 2 atom stereocenters. The highest BCUT2D eigenvalue weighted by molar-refractivity contribution is 5.95. The highest BCUT2D eigenvalue weighted by atomic mass is 16.5. The van der Waals surface area contributed by atoms with Crippen LogP contribution in [0.2, 0.25) is 0 Å². The Kier molecular flexibility index (Phi) is 5.49. The fourth-order valence-electron chi connectivity index (χ4n) is 5.66. The van der Waals surface area contributed by atoms with Gasteiger partial charge >= 0.3 is 5.97 Å². The molecule has 2 unspecified atom stereocenters. The molecule has 3 saturated heterocycles. The quantitative estimate of drug-likeness (QED) is 0.736. The summed E-state index contributed by atoms with van der Waals surface area (Å²) in [4.78, 5) is 31.6. The average molecular weight is 436 g/mol. The van der Waals surface area contributed by atoms with Crippen LogP contribution in [-0.2, 0) is 11.3 Å². The second-order valence-corrected chi connectivity index (χ2v) is 9.31. The number of hydrogen-bond donors (Lipinski definition) is 1. The Morgan fingerprint density at radius 1 is 1.03 bits per heavy atom. The molecule has 0 aliphatic carbocycles. The summed E-state index contributed by atoms with van der Waals surface area (Å²) in [6, 6.07) is 17.3. The van der Waals surface area contributed by atoms with Gasteiger partial charge in [0.2, 0.25) is 0 Å². The van der Waals surface area contributed by atoms with Crippen molar-refractivity contribution in [2.45, 2.75) is 30.7 Å². The maximum Gasteiger partial charge on any atom is 0.337 e. The molecule has 1 amide bonds. The molecule has 0 saturated carbocycles. The highest BCUT2D eigenvalue weighted by Gasteiger charge is 2.57. The molecule has 3 aliphatic heterocycles. The molecule has 0 radical (unpaired) electrons. The zero-order valence-electron chi connectivity index (χ0n) is 18.3. The summed E-state index contributed by atoms with van der Waals surface area (Å²) in [5.41, 5.74) is 2.20. The van der Waals surface area contributed by atoms with E-state index in [-0.39, 0.29) is 29.6 Å². The number of fused-ring (bicyclic) bond motifs is 2. The van der Waals surface area contributed by atoms with Gasteiger partial charge in [-0.15, -0.1) is 0 Å². The number of benzene rings is 2. The molecule has 3 fully saturated rings. The third kappa shape index (κ3) is 3.81. The molecule has 2 aromatic carbocycles. The summed E-state index contributed by atoms with van der Waals surface area (Å²) < 4.78 is 4.86. The normalized spacial score (nSPS) is 24.8. The van der Waals surface area contributed by atoms with Crippen molar-refractivity contribution in [2.75, 3.05) is 39.8 Å². The van der Waals surface area contributed by atoms with Gasteiger partial charge < -0.3 is 14.7 Å². The van der Waals surface area contributed by atoms with Crippen LogP contribution in [0.4, 0.5) is 0 Å². The van der Waals surface area contributed by atoms with E-state index in [2.05, 4.69) is 9.80 Å². The number of β-amino-alcohol motifs (C(OH)–C–C–N with tert-alkyl or cyclic N) is 1. The number of nitrogens with zero attached hydrogens (tertiary/aromatic N) is 3. The Labute approximate surface area is 188 Å². The van der Waals surface area contributed by atoms with E-state index in [4.69, 9.17) is 4.74 Å². The topological polar surface area (TPSA) is 73.3 Å². The molecule has 1 spiro atoms. The van der Waals surface area contributed by atoms with Crippen molar-refractivity contribution in [3.8, 4) is 0 Å². The number of hydrogen-bond acceptors (Lipinski definition) is 6. The number of carbonyl (C=O) groups is 2. The standard InChI is InChI=1S/C25H29N3O4/c1-32-24(31)20-9-5-6-18(10-20)12-26-13-21-11-22(29)14-28(21)25(15-26)16-27(17-25)23(30)19-7-3-2-4-8-19/h2-10,21-22,29H,11-17H2,1H3. The lowest BCUT2D eigenvalue weighted by molar-refractivity contribution is -0.102. The van der Waals surface area contributed by atoms with Crippen LogP contribution in [0.5, 0.6) is 0 Å². The summed E-state index contributed by atoms with van der Waals surface area (Å²) >= 11 is 0. The van der Waals surface area contributed by atoms with E-state index < -0.39 is 0 Å². The van der Waals surface area contributed by atoms with Crippen LogP contribution in [-0.4, -0.2) is 89.2 Å². The van der Waals surface area contributed by atoms with Crippen LogP contribution in [0, 0.1) is 0 Å². The van der Waals surface area contributed by atoms with Crippen LogP contribution < -0.4 is 0 Å². The number of piperazine rings is 1. The lowest BCUT2D eigenvalue weighted by Crippen LogP contribution is -2.78. The largest absolute Gasteiger partial charge is 0.465 e. The number of rotatable bonds is 4. The first-order valence-electron chi connectivity index (χ1n) is 11.2. The van der Waals surface area contributed by atoms with Crippen molar-refractivity contribution in [1.29, 1.82) is 0 Å². The Hall–Kier alpha value is -2.74. The van der Waals surface area contributed by atoms with Gasteiger partial charge in [-0.25, -0.2) is 4.79 Å². The van der Waals surface area contributed by atoms with Gasteiger partial charge in [0.05, 0.1) is 24.3 Å². The fraction of sp³-hybridized carbons (Fsp3) is 0.440. The van der Waals surface area contributed by atoms with Gasteiger partial charge in [-0.2, -0.15) is 0 Å². The van der Waals surface area contributed by atoms with Crippen molar-refractivity contribution in [3.05, 3.63) is 71.3 Å². The smallest absolute Gasteiger partial charge is 0.337 e. The molecule has 3 aliphatic rings. The van der Waals surface area contributed by atoms with E-state index in [1.165, 1.54) is 7.11 Å². The molecule has 2 aromatic rings. The van der Waals surface area contributed by atoms with E-state index in [0.717, 1.165) is 31.6 Å². The molecule has 3 heterocycles. The Morgan fingerprint density at radius 2 is 1.78 bits per heavy atom. The SMILES string of the molecule is COC(=O)c1cccc(CN2CC3CC(O)CN3C3(C2)CN(C(=O)c2ccccc2)C3)c1. The number of aliphatic hydroxyl groups excluding tert-OH is 1. The first-order chi connectivity index (χ1) is 15.5. The van der Waals surface area contributed by atoms with Crippen LogP contribution in [0.3, 0.4) is 0 Å². The van der Waals surface area contributed by atoms with Crippen molar-refractivity contribution in [2.24, 2.45) is 0 Å². The third-order valence-electron chi connectivity index (χ3n) is 7.02. The summed E-state index contributed by atoms with van der Waals surface area (Å²) in [6.45, 7) is 4.43. The number of methoxy groups -OCH3 is 1. The van der Waals surface area contributed by atoms with E-state index in [1.807, 2.05) is 53.4 Å².